The van der Waals surface area contributed by atoms with Gasteiger partial charge in [0.25, 0.3) is 0 Å². The number of nitrogens with zero attached hydrogens (tertiary/aromatic N) is 2. The molecule has 3 rings (SSSR count). The van der Waals surface area contributed by atoms with E-state index in [1.165, 1.54) is 17.0 Å². The van der Waals surface area contributed by atoms with Crippen LogP contribution in [0.4, 0.5) is 11.4 Å². The van der Waals surface area contributed by atoms with Gasteiger partial charge in [0.15, 0.2) is 0 Å². The minimum atomic E-state index is 0.357. The van der Waals surface area contributed by atoms with Gasteiger partial charge in [-0.1, -0.05) is 18.2 Å². The number of nitrogens with two attached hydrogens (primary N) is 2. The fraction of sp³-hybridized carbons (Fsp3) is 0.150. The van der Waals surface area contributed by atoms with Crippen molar-refractivity contribution in [2.75, 3.05) is 22.9 Å². The molecule has 27 heavy (non-hydrogen) atoms. The van der Waals surface area contributed by atoms with Gasteiger partial charge in [-0.25, -0.2) is 5.84 Å². The molecular formula is C20H23N5OS. The molecule has 1 heterocycles. The van der Waals surface area contributed by atoms with E-state index in [1.807, 2.05) is 61.7 Å². The van der Waals surface area contributed by atoms with Crippen LogP contribution in [0, 0.1) is 0 Å². The number of fused-ring (bicyclic) bond motifs is 1. The van der Waals surface area contributed by atoms with Crippen molar-refractivity contribution >= 4 is 34.1 Å². The van der Waals surface area contributed by atoms with Crippen LogP contribution < -0.4 is 21.3 Å². The fourth-order valence-corrected chi connectivity index (χ4v) is 3.28. The lowest BCUT2D eigenvalue weighted by molar-refractivity contribution is 0.170. The predicted octanol–water partition coefficient (Wildman–Crippen LogP) is 3.87. The number of ether oxygens (including phenoxy) is 1. The molecule has 0 aliphatic rings. The zero-order chi connectivity index (χ0) is 19.1. The van der Waals surface area contributed by atoms with Crippen LogP contribution in [0.2, 0.25) is 0 Å². The number of hydrogen-bond acceptors (Lipinski definition) is 7. The van der Waals surface area contributed by atoms with Gasteiger partial charge >= 0.3 is 0 Å². The van der Waals surface area contributed by atoms with E-state index in [4.69, 9.17) is 16.3 Å². The lowest BCUT2D eigenvalue weighted by Crippen LogP contribution is -2.26. The van der Waals surface area contributed by atoms with Crippen LogP contribution in [0.3, 0.4) is 0 Å². The summed E-state index contributed by atoms with van der Waals surface area (Å²) < 4.78 is 8.69. The molecule has 6 nitrogen and oxygen atoms in total. The van der Waals surface area contributed by atoms with Gasteiger partial charge in [-0.2, -0.15) is 0 Å². The van der Waals surface area contributed by atoms with Gasteiger partial charge < -0.3 is 15.2 Å². The zero-order valence-corrected chi connectivity index (χ0v) is 15.9. The first kappa shape index (κ1) is 19.0. The number of hydrogen-bond donors (Lipinski definition) is 3. The van der Waals surface area contributed by atoms with Crippen LogP contribution >= 0.6 is 11.9 Å². The molecule has 0 unspecified atom stereocenters. The smallest absolute Gasteiger partial charge is 0.0875 e. The second kappa shape index (κ2) is 9.27. The summed E-state index contributed by atoms with van der Waals surface area (Å²) in [5, 5.41) is 3.73. The summed E-state index contributed by atoms with van der Waals surface area (Å²) >= 11 is 1.52. The highest BCUT2D eigenvalue weighted by Crippen LogP contribution is 2.29. The van der Waals surface area contributed by atoms with Crippen molar-refractivity contribution < 1.29 is 4.74 Å². The molecule has 5 N–H and O–H groups in total. The SMILES string of the molecule is CCOC/C(N)=C/N(N)c1cccc(SNc2cccc3cnccc23)c1. The fourth-order valence-electron chi connectivity index (χ4n) is 2.54. The van der Waals surface area contributed by atoms with Crippen LogP contribution in [0.15, 0.2) is 77.7 Å². The van der Waals surface area contributed by atoms with Gasteiger partial charge in [0, 0.05) is 40.9 Å². The van der Waals surface area contributed by atoms with Gasteiger partial charge in [0.2, 0.25) is 0 Å². The topological polar surface area (TPSA) is 89.4 Å². The van der Waals surface area contributed by atoms with Gasteiger partial charge in [0.05, 0.1) is 23.7 Å². The van der Waals surface area contributed by atoms with Gasteiger partial charge in [-0.05, 0) is 49.2 Å². The van der Waals surface area contributed by atoms with Crippen LogP contribution in [-0.4, -0.2) is 18.2 Å². The quantitative estimate of drug-likeness (QED) is 0.310. The van der Waals surface area contributed by atoms with E-state index >= 15 is 0 Å². The van der Waals surface area contributed by atoms with Crippen molar-refractivity contribution in [3.8, 4) is 0 Å². The highest BCUT2D eigenvalue weighted by Gasteiger charge is 2.04. The van der Waals surface area contributed by atoms with Crippen LogP contribution in [0.5, 0.6) is 0 Å². The first-order valence-electron chi connectivity index (χ1n) is 8.61. The molecule has 1 aromatic heterocycles. The average molecular weight is 382 g/mol. The van der Waals surface area contributed by atoms with Crippen LogP contribution in [0.1, 0.15) is 6.92 Å². The third kappa shape index (κ3) is 5.13. The third-order valence-electron chi connectivity index (χ3n) is 3.85. The van der Waals surface area contributed by atoms with Gasteiger partial charge in [0.1, 0.15) is 0 Å². The molecule has 3 aromatic rings. The molecule has 2 aromatic carbocycles. The van der Waals surface area contributed by atoms with E-state index in [-0.39, 0.29) is 0 Å². The highest BCUT2D eigenvalue weighted by molar-refractivity contribution is 8.00. The largest absolute Gasteiger partial charge is 0.399 e. The Hall–Kier alpha value is -2.74. The summed E-state index contributed by atoms with van der Waals surface area (Å²) in [5.41, 5.74) is 8.36. The number of pyridine rings is 1. The Labute approximate surface area is 163 Å². The van der Waals surface area contributed by atoms with Crippen molar-refractivity contribution in [3.63, 3.8) is 0 Å². The maximum atomic E-state index is 6.10. The molecule has 0 aliphatic carbocycles. The zero-order valence-electron chi connectivity index (χ0n) is 15.1. The molecule has 140 valence electrons. The first-order valence-corrected chi connectivity index (χ1v) is 9.42. The second-order valence-electron chi connectivity index (χ2n) is 5.85. The number of anilines is 2. The number of nitrogens with one attached hydrogen (secondary N) is 1. The predicted molar refractivity (Wildman–Crippen MR) is 113 cm³/mol. The Balaban J connectivity index is 1.70. The second-order valence-corrected chi connectivity index (χ2v) is 6.73. The normalized spacial score (nSPS) is 11.6. The number of rotatable bonds is 8. The number of aromatic nitrogens is 1. The Morgan fingerprint density at radius 1 is 1.26 bits per heavy atom. The standard InChI is InChI=1S/C20H23N5OS/c1-2-26-14-16(21)13-25(22)17-6-4-7-18(11-17)27-24-20-8-3-5-15-12-23-10-9-19(15)20/h3-13,24H,2,14,21-22H2,1H3/b16-13-. The molecule has 0 aliphatic heterocycles. The summed E-state index contributed by atoms with van der Waals surface area (Å²) in [6.07, 6.45) is 5.33. The summed E-state index contributed by atoms with van der Waals surface area (Å²) in [4.78, 5) is 5.20. The molecular weight excluding hydrogens is 358 g/mol. The molecule has 0 spiro atoms. The summed E-state index contributed by atoms with van der Waals surface area (Å²) in [6, 6.07) is 16.0. The summed E-state index contributed by atoms with van der Waals surface area (Å²) in [6.45, 7) is 2.89. The highest BCUT2D eigenvalue weighted by atomic mass is 32.2. The molecule has 0 saturated heterocycles. The van der Waals surface area contributed by atoms with E-state index < -0.39 is 0 Å². The summed E-state index contributed by atoms with van der Waals surface area (Å²) in [5.74, 6) is 6.10. The van der Waals surface area contributed by atoms with Gasteiger partial charge in [-0.3, -0.25) is 9.99 Å². The molecule has 0 atom stereocenters. The van der Waals surface area contributed by atoms with Crippen molar-refractivity contribution in [1.82, 2.24) is 4.98 Å². The maximum Gasteiger partial charge on any atom is 0.0875 e. The van der Waals surface area contributed by atoms with Crippen molar-refractivity contribution in [3.05, 3.63) is 72.8 Å². The first-order chi connectivity index (χ1) is 13.2. The van der Waals surface area contributed by atoms with E-state index in [1.54, 1.807) is 12.4 Å². The van der Waals surface area contributed by atoms with E-state index in [9.17, 15) is 0 Å². The molecule has 0 saturated carbocycles. The molecule has 0 radical (unpaired) electrons. The van der Waals surface area contributed by atoms with Crippen molar-refractivity contribution in [2.45, 2.75) is 11.8 Å². The van der Waals surface area contributed by atoms with Crippen molar-refractivity contribution in [2.24, 2.45) is 11.6 Å². The Bertz CT molecular complexity index is 926. The minimum Gasteiger partial charge on any atom is -0.399 e. The van der Waals surface area contributed by atoms with Crippen LogP contribution in [-0.2, 0) is 4.74 Å². The lowest BCUT2D eigenvalue weighted by atomic mass is 10.1. The minimum absolute atomic E-state index is 0.357. The maximum absolute atomic E-state index is 6.10. The Morgan fingerprint density at radius 3 is 2.96 bits per heavy atom. The Kier molecular flexibility index (Phi) is 6.54. The molecule has 0 bridgehead atoms. The Morgan fingerprint density at radius 2 is 2.11 bits per heavy atom. The van der Waals surface area contributed by atoms with Crippen molar-refractivity contribution in [1.29, 1.82) is 0 Å². The van der Waals surface area contributed by atoms with E-state index in [0.29, 0.717) is 18.9 Å². The lowest BCUT2D eigenvalue weighted by Gasteiger charge is -2.16. The number of benzene rings is 2. The third-order valence-corrected chi connectivity index (χ3v) is 4.66. The van der Waals surface area contributed by atoms with Crippen LogP contribution in [0.25, 0.3) is 10.8 Å². The molecule has 0 fully saturated rings. The number of hydrazine groups is 1. The molecule has 7 heteroatoms. The monoisotopic (exact) mass is 381 g/mol. The van der Waals surface area contributed by atoms with E-state index in [0.717, 1.165) is 27.0 Å². The van der Waals surface area contributed by atoms with Gasteiger partial charge in [-0.15, -0.1) is 0 Å². The average Bonchev–Trinajstić information content (AvgIpc) is 2.71. The summed E-state index contributed by atoms with van der Waals surface area (Å²) in [7, 11) is 0. The molecule has 0 amide bonds. The van der Waals surface area contributed by atoms with E-state index in [2.05, 4.69) is 9.71 Å².